The summed E-state index contributed by atoms with van der Waals surface area (Å²) in [7, 11) is 3.14. The van der Waals surface area contributed by atoms with Crippen LogP contribution >= 0.6 is 0 Å². The Morgan fingerprint density at radius 3 is 2.35 bits per heavy atom. The number of rotatable bonds is 4. The fourth-order valence-electron chi connectivity index (χ4n) is 2.34. The minimum Gasteiger partial charge on any atom is -0.493 e. The normalized spacial score (nSPS) is 13.6. The van der Waals surface area contributed by atoms with Crippen LogP contribution in [0.3, 0.4) is 0 Å². The molecule has 0 aromatic heterocycles. The second-order valence-electron chi connectivity index (χ2n) is 4.61. The van der Waals surface area contributed by atoms with Crippen molar-refractivity contribution in [3.8, 4) is 11.5 Å². The van der Waals surface area contributed by atoms with E-state index in [1.165, 1.54) is 0 Å². The number of benzene rings is 1. The lowest BCUT2D eigenvalue weighted by Crippen LogP contribution is -2.36. The second-order valence-corrected chi connectivity index (χ2v) is 4.61. The van der Waals surface area contributed by atoms with Gasteiger partial charge in [-0.05, 0) is 29.7 Å². The standard InChI is InChI=1S/C14H17NO5/c1-19-11-5-9-3-4-15(13(16)7-14(17)18)8-10(9)6-12(11)20-2/h5-6H,3-4,7-8H2,1-2H3,(H,17,18). The summed E-state index contributed by atoms with van der Waals surface area (Å²) in [6.07, 6.45) is 0.212. The first-order valence-electron chi connectivity index (χ1n) is 6.28. The molecule has 1 aliphatic heterocycles. The van der Waals surface area contributed by atoms with Crippen molar-refractivity contribution in [1.82, 2.24) is 4.90 Å². The van der Waals surface area contributed by atoms with Crippen molar-refractivity contribution in [2.75, 3.05) is 20.8 Å². The lowest BCUT2D eigenvalue weighted by Gasteiger charge is -2.29. The van der Waals surface area contributed by atoms with E-state index in [1.807, 2.05) is 12.1 Å². The van der Waals surface area contributed by atoms with Gasteiger partial charge in [0.2, 0.25) is 5.91 Å². The van der Waals surface area contributed by atoms with Crippen molar-refractivity contribution < 1.29 is 24.2 Å². The highest BCUT2D eigenvalue weighted by molar-refractivity contribution is 5.93. The zero-order valence-electron chi connectivity index (χ0n) is 11.5. The van der Waals surface area contributed by atoms with Crippen molar-refractivity contribution in [3.05, 3.63) is 23.3 Å². The molecule has 0 atom stereocenters. The first-order chi connectivity index (χ1) is 9.55. The van der Waals surface area contributed by atoms with Crippen LogP contribution in [0.25, 0.3) is 0 Å². The third kappa shape index (κ3) is 2.84. The Kier molecular flexibility index (Phi) is 4.12. The van der Waals surface area contributed by atoms with Crippen LogP contribution < -0.4 is 9.47 Å². The maximum atomic E-state index is 11.8. The highest BCUT2D eigenvalue weighted by Gasteiger charge is 2.23. The van der Waals surface area contributed by atoms with Crippen LogP contribution in [-0.2, 0) is 22.6 Å². The summed E-state index contributed by atoms with van der Waals surface area (Å²) in [6.45, 7) is 0.927. The number of carbonyl (C=O) groups excluding carboxylic acids is 1. The van der Waals surface area contributed by atoms with Gasteiger partial charge in [0.25, 0.3) is 0 Å². The zero-order chi connectivity index (χ0) is 14.7. The third-order valence-electron chi connectivity index (χ3n) is 3.37. The molecular weight excluding hydrogens is 262 g/mol. The van der Waals surface area contributed by atoms with Crippen LogP contribution in [0, 0.1) is 0 Å². The molecule has 1 heterocycles. The van der Waals surface area contributed by atoms with Crippen molar-refractivity contribution in [3.63, 3.8) is 0 Å². The second kappa shape index (κ2) is 5.81. The van der Waals surface area contributed by atoms with Gasteiger partial charge in [-0.1, -0.05) is 0 Å². The molecule has 20 heavy (non-hydrogen) atoms. The van der Waals surface area contributed by atoms with Crippen molar-refractivity contribution in [2.24, 2.45) is 0 Å². The lowest BCUT2D eigenvalue weighted by atomic mass is 9.98. The molecule has 0 fully saturated rings. The molecule has 1 N–H and O–H groups in total. The highest BCUT2D eigenvalue weighted by Crippen LogP contribution is 2.33. The summed E-state index contributed by atoms with van der Waals surface area (Å²) >= 11 is 0. The van der Waals surface area contributed by atoms with Crippen molar-refractivity contribution >= 4 is 11.9 Å². The Morgan fingerprint density at radius 2 is 1.80 bits per heavy atom. The molecule has 6 nitrogen and oxygen atoms in total. The van der Waals surface area contributed by atoms with Gasteiger partial charge in [0.05, 0.1) is 14.2 Å². The van der Waals surface area contributed by atoms with Gasteiger partial charge in [0.1, 0.15) is 6.42 Å². The number of aliphatic carboxylic acids is 1. The maximum Gasteiger partial charge on any atom is 0.312 e. The van der Waals surface area contributed by atoms with Crippen LogP contribution in [0.15, 0.2) is 12.1 Å². The molecule has 0 aliphatic carbocycles. The molecule has 0 saturated carbocycles. The van der Waals surface area contributed by atoms with E-state index in [1.54, 1.807) is 19.1 Å². The van der Waals surface area contributed by atoms with Crippen LogP contribution in [0.5, 0.6) is 11.5 Å². The molecule has 6 heteroatoms. The van der Waals surface area contributed by atoms with Crippen molar-refractivity contribution in [1.29, 1.82) is 0 Å². The Labute approximate surface area is 116 Å². The monoisotopic (exact) mass is 279 g/mol. The summed E-state index contributed by atoms with van der Waals surface area (Å²) in [5.41, 5.74) is 2.06. The fourth-order valence-corrected chi connectivity index (χ4v) is 2.34. The minimum atomic E-state index is -1.10. The van der Waals surface area contributed by atoms with E-state index in [2.05, 4.69) is 0 Å². The first-order valence-corrected chi connectivity index (χ1v) is 6.28. The average Bonchev–Trinajstić information content (AvgIpc) is 2.44. The molecule has 0 bridgehead atoms. The van der Waals surface area contributed by atoms with Crippen LogP contribution in [0.1, 0.15) is 17.5 Å². The Morgan fingerprint density at radius 1 is 1.20 bits per heavy atom. The van der Waals surface area contributed by atoms with Gasteiger partial charge in [0, 0.05) is 13.1 Å². The minimum absolute atomic E-state index is 0.363. The maximum absolute atomic E-state index is 11.8. The Hall–Kier alpha value is -2.24. The Balaban J connectivity index is 2.21. The average molecular weight is 279 g/mol. The van der Waals surface area contributed by atoms with E-state index in [0.717, 1.165) is 11.1 Å². The highest BCUT2D eigenvalue weighted by atomic mass is 16.5. The molecule has 2 rings (SSSR count). The predicted molar refractivity (Wildman–Crippen MR) is 70.9 cm³/mol. The number of carbonyl (C=O) groups is 2. The molecular formula is C14H17NO5. The van der Waals surface area contributed by atoms with Gasteiger partial charge in [0.15, 0.2) is 11.5 Å². The number of methoxy groups -OCH3 is 2. The molecule has 0 radical (unpaired) electrons. The third-order valence-corrected chi connectivity index (χ3v) is 3.37. The largest absolute Gasteiger partial charge is 0.493 e. The first kappa shape index (κ1) is 14.2. The smallest absolute Gasteiger partial charge is 0.312 e. The van der Waals surface area contributed by atoms with Crippen LogP contribution in [0.4, 0.5) is 0 Å². The van der Waals surface area contributed by atoms with Crippen LogP contribution in [-0.4, -0.2) is 42.6 Å². The predicted octanol–water partition coefficient (Wildman–Crippen LogP) is 1.06. The number of fused-ring (bicyclic) bond motifs is 1. The Bertz CT molecular complexity index is 541. The molecule has 1 aromatic carbocycles. The molecule has 1 amide bonds. The van der Waals surface area contributed by atoms with Gasteiger partial charge >= 0.3 is 5.97 Å². The van der Waals surface area contributed by atoms with E-state index < -0.39 is 12.4 Å². The quantitative estimate of drug-likeness (QED) is 0.834. The summed E-state index contributed by atoms with van der Waals surface area (Å²) in [4.78, 5) is 23.9. The molecule has 1 aliphatic rings. The van der Waals surface area contributed by atoms with E-state index in [-0.39, 0.29) is 5.91 Å². The SMILES string of the molecule is COc1cc2c(cc1OC)CN(C(=O)CC(=O)O)CC2. The number of ether oxygens (including phenoxy) is 2. The van der Waals surface area contributed by atoms with E-state index in [9.17, 15) is 9.59 Å². The van der Waals surface area contributed by atoms with E-state index in [4.69, 9.17) is 14.6 Å². The topological polar surface area (TPSA) is 76.1 Å². The molecule has 0 saturated heterocycles. The molecule has 1 aromatic rings. The molecule has 108 valence electrons. The van der Waals surface area contributed by atoms with Gasteiger partial charge in [-0.2, -0.15) is 0 Å². The van der Waals surface area contributed by atoms with Crippen molar-refractivity contribution in [2.45, 2.75) is 19.4 Å². The molecule has 0 unspecified atom stereocenters. The molecule has 0 spiro atoms. The summed E-state index contributed by atoms with van der Waals surface area (Å²) in [5, 5.41) is 8.68. The summed E-state index contributed by atoms with van der Waals surface area (Å²) < 4.78 is 10.5. The van der Waals surface area contributed by atoms with Gasteiger partial charge in [-0.3, -0.25) is 9.59 Å². The van der Waals surface area contributed by atoms with Gasteiger partial charge in [-0.25, -0.2) is 0 Å². The van der Waals surface area contributed by atoms with Gasteiger partial charge in [-0.15, -0.1) is 0 Å². The van der Waals surface area contributed by atoms with E-state index in [0.29, 0.717) is 31.0 Å². The number of carboxylic acid groups (broad SMARTS) is 1. The van der Waals surface area contributed by atoms with E-state index >= 15 is 0 Å². The lowest BCUT2D eigenvalue weighted by molar-refractivity contribution is -0.144. The zero-order valence-corrected chi connectivity index (χ0v) is 11.5. The number of nitrogens with zero attached hydrogens (tertiary/aromatic N) is 1. The number of hydrogen-bond acceptors (Lipinski definition) is 4. The van der Waals surface area contributed by atoms with Gasteiger partial charge < -0.3 is 19.5 Å². The van der Waals surface area contributed by atoms with Crippen LogP contribution in [0.2, 0.25) is 0 Å². The fraction of sp³-hybridized carbons (Fsp3) is 0.429. The summed E-state index contributed by atoms with van der Waals surface area (Å²) in [6, 6.07) is 3.75. The summed E-state index contributed by atoms with van der Waals surface area (Å²) in [5.74, 6) is -0.193. The number of carboxylic acids is 1. The number of hydrogen-bond donors (Lipinski definition) is 1. The number of amides is 1.